The molecule has 0 spiro atoms. The lowest BCUT2D eigenvalue weighted by Crippen LogP contribution is -2.23. The Kier molecular flexibility index (Phi) is 5.20. The van der Waals surface area contributed by atoms with Gasteiger partial charge in [0.1, 0.15) is 11.6 Å². The maximum atomic E-state index is 14.1. The minimum absolute atomic E-state index is 0.191. The van der Waals surface area contributed by atoms with E-state index in [1.807, 2.05) is 0 Å². The highest BCUT2D eigenvalue weighted by Gasteiger charge is 2.22. The summed E-state index contributed by atoms with van der Waals surface area (Å²) in [7, 11) is 1.54. The van der Waals surface area contributed by atoms with Gasteiger partial charge in [-0.2, -0.15) is 0 Å². The number of benzene rings is 1. The van der Waals surface area contributed by atoms with Crippen LogP contribution in [-0.2, 0) is 0 Å². The third-order valence-corrected chi connectivity index (χ3v) is 4.22. The fourth-order valence-corrected chi connectivity index (χ4v) is 3.01. The predicted molar refractivity (Wildman–Crippen MR) is 75.7 cm³/mol. The lowest BCUT2D eigenvalue weighted by molar-refractivity contribution is 0.322. The molecule has 106 valence electrons. The first-order valence-electron chi connectivity index (χ1n) is 7.31. The van der Waals surface area contributed by atoms with Gasteiger partial charge in [0.25, 0.3) is 0 Å². The average molecular weight is 265 g/mol. The summed E-state index contributed by atoms with van der Waals surface area (Å²) < 4.78 is 19.1. The van der Waals surface area contributed by atoms with Gasteiger partial charge in [0.2, 0.25) is 0 Å². The number of hydrogen-bond acceptors (Lipinski definition) is 2. The molecule has 0 amide bonds. The van der Waals surface area contributed by atoms with E-state index < -0.39 is 0 Å². The normalized spacial score (nSPS) is 19.5. The molecule has 1 fully saturated rings. The Labute approximate surface area is 115 Å². The summed E-state index contributed by atoms with van der Waals surface area (Å²) in [5, 5.41) is 0. The average Bonchev–Trinajstić information content (AvgIpc) is 2.37. The number of halogens is 1. The van der Waals surface area contributed by atoms with Crippen LogP contribution in [0, 0.1) is 11.7 Å². The van der Waals surface area contributed by atoms with E-state index in [0.717, 1.165) is 12.8 Å². The summed E-state index contributed by atoms with van der Waals surface area (Å²) in [6, 6.07) is 4.81. The molecule has 1 aromatic rings. The molecule has 0 bridgehead atoms. The van der Waals surface area contributed by atoms with Gasteiger partial charge < -0.3 is 10.5 Å². The van der Waals surface area contributed by atoms with E-state index in [9.17, 15) is 4.39 Å². The minimum atomic E-state index is -0.242. The van der Waals surface area contributed by atoms with Gasteiger partial charge in [0, 0.05) is 17.7 Å². The zero-order chi connectivity index (χ0) is 13.7. The Morgan fingerprint density at radius 1 is 1.16 bits per heavy atom. The molecular weight excluding hydrogens is 241 g/mol. The van der Waals surface area contributed by atoms with E-state index in [1.165, 1.54) is 38.2 Å². The molecule has 1 aromatic carbocycles. The van der Waals surface area contributed by atoms with E-state index in [0.29, 0.717) is 17.2 Å². The Balaban J connectivity index is 2.10. The van der Waals surface area contributed by atoms with E-state index in [2.05, 4.69) is 0 Å². The van der Waals surface area contributed by atoms with Gasteiger partial charge in [-0.3, -0.25) is 0 Å². The second kappa shape index (κ2) is 6.90. The highest BCUT2D eigenvalue weighted by atomic mass is 19.1. The van der Waals surface area contributed by atoms with Crippen LogP contribution in [0.2, 0.25) is 0 Å². The standard InChI is InChI=1S/C16H24FNO/c1-19-13-9-10-14(15(17)11-13)16(18)12-7-5-3-2-4-6-8-12/h9-12,16H,2-8,18H2,1H3. The Morgan fingerprint density at radius 3 is 2.37 bits per heavy atom. The van der Waals surface area contributed by atoms with E-state index in [-0.39, 0.29) is 11.9 Å². The van der Waals surface area contributed by atoms with E-state index >= 15 is 0 Å². The lowest BCUT2D eigenvalue weighted by Gasteiger charge is -2.26. The highest BCUT2D eigenvalue weighted by molar-refractivity contribution is 5.31. The molecule has 0 saturated heterocycles. The van der Waals surface area contributed by atoms with Crippen LogP contribution in [0.1, 0.15) is 56.6 Å². The van der Waals surface area contributed by atoms with Crippen molar-refractivity contribution in [3.05, 3.63) is 29.6 Å². The van der Waals surface area contributed by atoms with Crippen molar-refractivity contribution < 1.29 is 9.13 Å². The summed E-state index contributed by atoms with van der Waals surface area (Å²) in [6.45, 7) is 0. The van der Waals surface area contributed by atoms with Crippen LogP contribution in [-0.4, -0.2) is 7.11 Å². The summed E-state index contributed by atoms with van der Waals surface area (Å²) in [4.78, 5) is 0. The smallest absolute Gasteiger partial charge is 0.131 e. The van der Waals surface area contributed by atoms with Crippen LogP contribution < -0.4 is 10.5 Å². The van der Waals surface area contributed by atoms with Gasteiger partial charge in [-0.25, -0.2) is 4.39 Å². The first-order valence-corrected chi connectivity index (χ1v) is 7.31. The SMILES string of the molecule is COc1ccc(C(N)C2CCCCCCC2)c(F)c1. The third-order valence-electron chi connectivity index (χ3n) is 4.22. The number of hydrogen-bond donors (Lipinski definition) is 1. The summed E-state index contributed by atoms with van der Waals surface area (Å²) in [5.74, 6) is 0.711. The third kappa shape index (κ3) is 3.69. The van der Waals surface area contributed by atoms with Gasteiger partial charge in [-0.1, -0.05) is 38.2 Å². The quantitative estimate of drug-likeness (QED) is 0.889. The van der Waals surface area contributed by atoms with Crippen molar-refractivity contribution in [3.8, 4) is 5.75 Å². The van der Waals surface area contributed by atoms with Crippen LogP contribution in [0.5, 0.6) is 5.75 Å². The van der Waals surface area contributed by atoms with Crippen molar-refractivity contribution in [1.29, 1.82) is 0 Å². The molecule has 0 aromatic heterocycles. The second-order valence-corrected chi connectivity index (χ2v) is 5.52. The molecule has 1 saturated carbocycles. The molecule has 1 unspecified atom stereocenters. The largest absolute Gasteiger partial charge is 0.497 e. The summed E-state index contributed by atoms with van der Waals surface area (Å²) in [5.41, 5.74) is 6.93. The van der Waals surface area contributed by atoms with Gasteiger partial charge in [0.15, 0.2) is 0 Å². The zero-order valence-electron chi connectivity index (χ0n) is 11.7. The van der Waals surface area contributed by atoms with Gasteiger partial charge >= 0.3 is 0 Å². The molecule has 2 nitrogen and oxygen atoms in total. The van der Waals surface area contributed by atoms with Crippen molar-refractivity contribution >= 4 is 0 Å². The predicted octanol–water partition coefficient (Wildman–Crippen LogP) is 4.19. The first-order chi connectivity index (χ1) is 9.22. The van der Waals surface area contributed by atoms with Crippen molar-refractivity contribution in [2.75, 3.05) is 7.11 Å². The van der Waals surface area contributed by atoms with Crippen molar-refractivity contribution in [2.24, 2.45) is 11.7 Å². The van der Waals surface area contributed by atoms with Crippen molar-refractivity contribution in [3.63, 3.8) is 0 Å². The molecule has 1 aliphatic carbocycles. The van der Waals surface area contributed by atoms with Crippen LogP contribution >= 0.6 is 0 Å². The van der Waals surface area contributed by atoms with Crippen LogP contribution in [0.3, 0.4) is 0 Å². The monoisotopic (exact) mass is 265 g/mol. The molecule has 1 aliphatic rings. The minimum Gasteiger partial charge on any atom is -0.497 e. The highest BCUT2D eigenvalue weighted by Crippen LogP contribution is 2.33. The van der Waals surface area contributed by atoms with Gasteiger partial charge in [0.05, 0.1) is 7.11 Å². The van der Waals surface area contributed by atoms with Crippen LogP contribution in [0.25, 0.3) is 0 Å². The Hall–Kier alpha value is -1.09. The Morgan fingerprint density at radius 2 is 1.79 bits per heavy atom. The summed E-state index contributed by atoms with van der Waals surface area (Å²) in [6.07, 6.45) is 8.58. The zero-order valence-corrected chi connectivity index (χ0v) is 11.7. The topological polar surface area (TPSA) is 35.2 Å². The maximum Gasteiger partial charge on any atom is 0.131 e. The number of rotatable bonds is 3. The number of nitrogens with two attached hydrogens (primary N) is 1. The maximum absolute atomic E-state index is 14.1. The van der Waals surface area contributed by atoms with E-state index in [1.54, 1.807) is 19.2 Å². The van der Waals surface area contributed by atoms with Crippen LogP contribution in [0.4, 0.5) is 4.39 Å². The molecule has 1 atom stereocenters. The summed E-state index contributed by atoms with van der Waals surface area (Å²) >= 11 is 0. The van der Waals surface area contributed by atoms with Crippen LogP contribution in [0.15, 0.2) is 18.2 Å². The molecule has 19 heavy (non-hydrogen) atoms. The molecule has 0 heterocycles. The fraction of sp³-hybridized carbons (Fsp3) is 0.625. The second-order valence-electron chi connectivity index (χ2n) is 5.52. The lowest BCUT2D eigenvalue weighted by atomic mass is 9.83. The number of ether oxygens (including phenoxy) is 1. The molecule has 0 radical (unpaired) electrons. The molecule has 2 rings (SSSR count). The van der Waals surface area contributed by atoms with Crippen molar-refractivity contribution in [2.45, 2.75) is 51.0 Å². The molecule has 2 N–H and O–H groups in total. The first kappa shape index (κ1) is 14.3. The molecule has 3 heteroatoms. The van der Waals surface area contributed by atoms with Crippen molar-refractivity contribution in [1.82, 2.24) is 0 Å². The van der Waals surface area contributed by atoms with Gasteiger partial charge in [-0.15, -0.1) is 0 Å². The van der Waals surface area contributed by atoms with Gasteiger partial charge in [-0.05, 0) is 24.8 Å². The van der Waals surface area contributed by atoms with E-state index in [4.69, 9.17) is 10.5 Å². The molecule has 0 aliphatic heterocycles. The Bertz CT molecular complexity index is 400. The number of methoxy groups -OCH3 is 1. The fourth-order valence-electron chi connectivity index (χ4n) is 3.01. The molecular formula is C16H24FNO.